The summed E-state index contributed by atoms with van der Waals surface area (Å²) >= 11 is 0. The molecule has 0 saturated carbocycles. The molecule has 6 heteroatoms. The van der Waals surface area contributed by atoms with Crippen molar-refractivity contribution in [2.24, 2.45) is 0 Å². The van der Waals surface area contributed by atoms with Crippen molar-refractivity contribution in [3.63, 3.8) is 0 Å². The van der Waals surface area contributed by atoms with Crippen LogP contribution in [0, 0.1) is 5.82 Å². The van der Waals surface area contributed by atoms with Gasteiger partial charge in [-0.3, -0.25) is 4.79 Å². The van der Waals surface area contributed by atoms with Crippen LogP contribution in [-0.4, -0.2) is 15.9 Å². The fourth-order valence-electron chi connectivity index (χ4n) is 3.24. The molecule has 32 heavy (non-hydrogen) atoms. The quantitative estimate of drug-likeness (QED) is 0.374. The third-order valence-electron chi connectivity index (χ3n) is 5.04. The van der Waals surface area contributed by atoms with Gasteiger partial charge < -0.3 is 10.6 Å². The molecule has 0 aliphatic rings. The van der Waals surface area contributed by atoms with Gasteiger partial charge in [0.2, 0.25) is 0 Å². The Morgan fingerprint density at radius 2 is 1.59 bits per heavy atom. The monoisotopic (exact) mass is 426 g/mol. The molecule has 0 unspecified atom stereocenters. The van der Waals surface area contributed by atoms with Gasteiger partial charge >= 0.3 is 0 Å². The van der Waals surface area contributed by atoms with Crippen LogP contribution in [0.2, 0.25) is 0 Å². The average Bonchev–Trinajstić information content (AvgIpc) is 2.80. The van der Waals surface area contributed by atoms with Gasteiger partial charge in [-0.25, -0.2) is 14.4 Å². The first-order valence-corrected chi connectivity index (χ1v) is 10.3. The number of aromatic nitrogens is 2. The summed E-state index contributed by atoms with van der Waals surface area (Å²) < 4.78 is 13.5. The predicted molar refractivity (Wildman–Crippen MR) is 126 cm³/mol. The molecule has 0 saturated heterocycles. The first-order chi connectivity index (χ1) is 15.5. The van der Waals surface area contributed by atoms with E-state index >= 15 is 0 Å². The molecule has 0 aliphatic carbocycles. The van der Waals surface area contributed by atoms with E-state index in [-0.39, 0.29) is 11.7 Å². The Bertz CT molecular complexity index is 1220. The number of amides is 1. The maximum atomic E-state index is 13.5. The number of hydrogen-bond acceptors (Lipinski definition) is 4. The summed E-state index contributed by atoms with van der Waals surface area (Å²) in [5.74, 6) is 0.519. The average molecular weight is 426 g/mol. The fourth-order valence-corrected chi connectivity index (χ4v) is 3.24. The van der Waals surface area contributed by atoms with Crippen LogP contribution in [0.4, 0.5) is 21.6 Å². The van der Waals surface area contributed by atoms with Crippen molar-refractivity contribution < 1.29 is 9.18 Å². The van der Waals surface area contributed by atoms with E-state index in [2.05, 4.69) is 34.4 Å². The summed E-state index contributed by atoms with van der Waals surface area (Å²) in [5, 5.41) is 6.10. The molecule has 0 fully saturated rings. The van der Waals surface area contributed by atoms with Crippen molar-refractivity contribution in [1.29, 1.82) is 0 Å². The smallest absolute Gasteiger partial charge is 0.255 e. The molecular weight excluding hydrogens is 403 g/mol. The molecule has 0 radical (unpaired) electrons. The van der Waals surface area contributed by atoms with Crippen molar-refractivity contribution >= 4 is 23.1 Å². The predicted octanol–water partition coefficient (Wildman–Crippen LogP) is 6.40. The number of halogens is 1. The number of hydrogen-bond donors (Lipinski definition) is 2. The maximum absolute atomic E-state index is 13.5. The lowest BCUT2D eigenvalue weighted by atomic mass is 10.0. The topological polar surface area (TPSA) is 66.9 Å². The zero-order valence-electron chi connectivity index (χ0n) is 17.8. The summed E-state index contributed by atoms with van der Waals surface area (Å²) in [6.07, 6.45) is 1.43. The van der Waals surface area contributed by atoms with Crippen molar-refractivity contribution in [3.05, 3.63) is 102 Å². The fraction of sp³-hybridized carbons (Fsp3) is 0.115. The first-order valence-electron chi connectivity index (χ1n) is 10.3. The maximum Gasteiger partial charge on any atom is 0.255 e. The summed E-state index contributed by atoms with van der Waals surface area (Å²) in [6.45, 7) is 4.26. The number of benzene rings is 3. The zero-order chi connectivity index (χ0) is 22.5. The van der Waals surface area contributed by atoms with E-state index in [1.807, 2.05) is 24.3 Å². The van der Waals surface area contributed by atoms with E-state index in [4.69, 9.17) is 0 Å². The molecule has 1 amide bonds. The highest BCUT2D eigenvalue weighted by atomic mass is 19.1. The van der Waals surface area contributed by atoms with E-state index in [1.54, 1.807) is 42.5 Å². The number of nitrogens with one attached hydrogen (secondary N) is 2. The minimum atomic E-state index is -0.319. The Labute approximate surface area is 186 Å². The van der Waals surface area contributed by atoms with E-state index in [0.29, 0.717) is 28.6 Å². The first kappa shape index (κ1) is 21.2. The molecule has 0 atom stereocenters. The van der Waals surface area contributed by atoms with Gasteiger partial charge in [-0.2, -0.15) is 0 Å². The highest BCUT2D eigenvalue weighted by molar-refractivity contribution is 6.04. The van der Waals surface area contributed by atoms with Crippen molar-refractivity contribution in [1.82, 2.24) is 9.97 Å². The molecular formula is C26H23FN4O. The molecule has 2 N–H and O–H groups in total. The number of carbonyl (C=O) groups excluding carboxylic acids is 1. The molecule has 0 bridgehead atoms. The molecule has 4 aromatic rings. The highest BCUT2D eigenvalue weighted by Gasteiger charge is 2.08. The Morgan fingerprint density at radius 1 is 0.875 bits per heavy atom. The minimum absolute atomic E-state index is 0.177. The lowest BCUT2D eigenvalue weighted by molar-refractivity contribution is 0.102. The number of nitrogens with zero attached hydrogens (tertiary/aromatic N) is 2. The van der Waals surface area contributed by atoms with Crippen LogP contribution in [0.1, 0.15) is 35.7 Å². The Morgan fingerprint density at radius 3 is 2.28 bits per heavy atom. The Kier molecular flexibility index (Phi) is 6.22. The van der Waals surface area contributed by atoms with E-state index in [1.165, 1.54) is 24.0 Å². The van der Waals surface area contributed by atoms with Crippen molar-refractivity contribution in [2.45, 2.75) is 19.8 Å². The second-order valence-electron chi connectivity index (χ2n) is 7.73. The normalized spacial score (nSPS) is 10.8. The SMILES string of the molecule is CC(C)c1ccc(NC(=O)c2ccc(Nc3cc(-c4cccc(F)c4)ncn3)cc2)cc1. The van der Waals surface area contributed by atoms with Crippen molar-refractivity contribution in [3.8, 4) is 11.3 Å². The van der Waals surface area contributed by atoms with Gasteiger partial charge in [0.05, 0.1) is 5.69 Å². The molecule has 160 valence electrons. The van der Waals surface area contributed by atoms with E-state index in [0.717, 1.165) is 11.4 Å². The lowest BCUT2D eigenvalue weighted by Crippen LogP contribution is -2.11. The van der Waals surface area contributed by atoms with Crippen LogP contribution < -0.4 is 10.6 Å². The number of carbonyl (C=O) groups is 1. The van der Waals surface area contributed by atoms with Crippen LogP contribution >= 0.6 is 0 Å². The van der Waals surface area contributed by atoms with Gasteiger partial charge in [0.25, 0.3) is 5.91 Å². The van der Waals surface area contributed by atoms with Crippen LogP contribution in [0.25, 0.3) is 11.3 Å². The van der Waals surface area contributed by atoms with Crippen LogP contribution in [0.15, 0.2) is 85.2 Å². The van der Waals surface area contributed by atoms with E-state index < -0.39 is 0 Å². The molecule has 4 rings (SSSR count). The van der Waals surface area contributed by atoms with Gasteiger partial charge in [-0.15, -0.1) is 0 Å². The molecule has 1 heterocycles. The molecule has 3 aromatic carbocycles. The minimum Gasteiger partial charge on any atom is -0.340 e. The van der Waals surface area contributed by atoms with Gasteiger partial charge in [0.1, 0.15) is 18.0 Å². The molecule has 0 spiro atoms. The van der Waals surface area contributed by atoms with Crippen LogP contribution in [-0.2, 0) is 0 Å². The van der Waals surface area contributed by atoms with Gasteiger partial charge in [0.15, 0.2) is 0 Å². The lowest BCUT2D eigenvalue weighted by Gasteiger charge is -2.10. The van der Waals surface area contributed by atoms with Crippen molar-refractivity contribution in [2.75, 3.05) is 10.6 Å². The van der Waals surface area contributed by atoms with Gasteiger partial charge in [0, 0.05) is 28.6 Å². The van der Waals surface area contributed by atoms with E-state index in [9.17, 15) is 9.18 Å². The Hall–Kier alpha value is -4.06. The standard InChI is InChI=1S/C26H23FN4O/c1-17(2)18-6-10-23(11-7-18)31-26(32)19-8-12-22(13-9-19)30-25-15-24(28-16-29-25)20-4-3-5-21(27)14-20/h3-17H,1-2H3,(H,31,32)(H,28,29,30). The summed E-state index contributed by atoms with van der Waals surface area (Å²) in [4.78, 5) is 21.0. The third-order valence-corrected chi connectivity index (χ3v) is 5.04. The Balaban J connectivity index is 1.42. The molecule has 0 aliphatic heterocycles. The summed E-state index contributed by atoms with van der Waals surface area (Å²) in [7, 11) is 0. The van der Waals surface area contributed by atoms with Gasteiger partial charge in [-0.1, -0.05) is 38.1 Å². The third kappa shape index (κ3) is 5.16. The van der Waals surface area contributed by atoms with Crippen LogP contribution in [0.5, 0.6) is 0 Å². The number of anilines is 3. The largest absolute Gasteiger partial charge is 0.340 e. The summed E-state index contributed by atoms with van der Waals surface area (Å²) in [6, 6.07) is 23.0. The zero-order valence-corrected chi connectivity index (χ0v) is 17.8. The second kappa shape index (κ2) is 9.39. The molecule has 1 aromatic heterocycles. The second-order valence-corrected chi connectivity index (χ2v) is 7.73. The number of rotatable bonds is 6. The van der Waals surface area contributed by atoms with Crippen LogP contribution in [0.3, 0.4) is 0 Å². The summed E-state index contributed by atoms with van der Waals surface area (Å²) in [5.41, 5.74) is 4.58. The highest BCUT2D eigenvalue weighted by Crippen LogP contribution is 2.22. The van der Waals surface area contributed by atoms with Gasteiger partial charge in [-0.05, 0) is 60.0 Å². The molecule has 5 nitrogen and oxygen atoms in total.